The van der Waals surface area contributed by atoms with E-state index in [1.54, 1.807) is 0 Å². The van der Waals surface area contributed by atoms with Gasteiger partial charge in [-0.1, -0.05) is 39.8 Å². The van der Waals surface area contributed by atoms with Crippen molar-refractivity contribution in [3.05, 3.63) is 28.7 Å². The first kappa shape index (κ1) is 13.4. The zero-order valence-electron chi connectivity index (χ0n) is 9.58. The molecule has 5 nitrogen and oxygen atoms in total. The van der Waals surface area contributed by atoms with Crippen LogP contribution in [0.15, 0.2) is 33.9 Å². The van der Waals surface area contributed by atoms with Crippen LogP contribution in [-0.4, -0.2) is 32.3 Å². The molecule has 0 unspecified atom stereocenters. The van der Waals surface area contributed by atoms with Crippen molar-refractivity contribution in [3.63, 3.8) is 0 Å². The zero-order chi connectivity index (χ0) is 13.0. The van der Waals surface area contributed by atoms with E-state index in [1.807, 2.05) is 24.3 Å². The van der Waals surface area contributed by atoms with Crippen LogP contribution in [0.25, 0.3) is 11.4 Å². The van der Waals surface area contributed by atoms with Gasteiger partial charge in [-0.2, -0.15) is 0 Å². The summed E-state index contributed by atoms with van der Waals surface area (Å²) >= 11 is 4.89. The van der Waals surface area contributed by atoms with Gasteiger partial charge in [-0.3, -0.25) is 0 Å². The molecule has 18 heavy (non-hydrogen) atoms. The smallest absolute Gasteiger partial charge is 0.210 e. The van der Waals surface area contributed by atoms with E-state index in [0.717, 1.165) is 15.8 Å². The second kappa shape index (κ2) is 6.21. The van der Waals surface area contributed by atoms with Crippen molar-refractivity contribution in [2.24, 2.45) is 0 Å². The largest absolute Gasteiger partial charge is 0.396 e. The number of nitrogen functional groups attached to an aromatic ring is 1. The highest BCUT2D eigenvalue weighted by Gasteiger charge is 2.11. The van der Waals surface area contributed by atoms with Gasteiger partial charge in [-0.05, 0) is 18.6 Å². The van der Waals surface area contributed by atoms with Gasteiger partial charge in [-0.25, -0.2) is 4.68 Å². The highest BCUT2D eigenvalue weighted by Crippen LogP contribution is 2.24. The van der Waals surface area contributed by atoms with Crippen molar-refractivity contribution in [1.82, 2.24) is 14.9 Å². The van der Waals surface area contributed by atoms with Gasteiger partial charge in [0, 0.05) is 22.4 Å². The van der Waals surface area contributed by atoms with E-state index in [-0.39, 0.29) is 6.61 Å². The Hall–Kier alpha value is -1.05. The third-order valence-electron chi connectivity index (χ3n) is 2.28. The molecule has 0 spiro atoms. The first-order chi connectivity index (χ1) is 8.72. The fourth-order valence-corrected chi connectivity index (χ4v) is 2.61. The Morgan fingerprint density at radius 2 is 2.22 bits per heavy atom. The second-order valence-electron chi connectivity index (χ2n) is 3.61. The fourth-order valence-electron chi connectivity index (χ4n) is 1.43. The molecule has 0 saturated heterocycles. The molecule has 3 N–H and O–H groups in total. The monoisotopic (exact) mass is 328 g/mol. The molecule has 1 aromatic heterocycles. The average molecular weight is 329 g/mol. The highest BCUT2D eigenvalue weighted by atomic mass is 79.9. The molecule has 0 aliphatic rings. The van der Waals surface area contributed by atoms with Crippen molar-refractivity contribution >= 4 is 27.7 Å². The molecule has 2 rings (SSSR count). The number of rotatable bonds is 5. The van der Waals surface area contributed by atoms with Crippen LogP contribution < -0.4 is 5.84 Å². The predicted octanol–water partition coefficient (Wildman–Crippen LogP) is 1.90. The first-order valence-corrected chi connectivity index (χ1v) is 7.20. The molecule has 2 aromatic rings. The molecule has 0 atom stereocenters. The molecule has 1 heterocycles. The lowest BCUT2D eigenvalue weighted by Crippen LogP contribution is -2.11. The molecule has 7 heteroatoms. The Kier molecular flexibility index (Phi) is 4.62. The number of hydrogen-bond acceptors (Lipinski definition) is 5. The number of aromatic nitrogens is 3. The minimum absolute atomic E-state index is 0.171. The van der Waals surface area contributed by atoms with E-state index < -0.39 is 0 Å². The SMILES string of the molecule is Nn1c(SCCCO)nnc1-c1cccc(Br)c1. The number of halogens is 1. The molecular weight excluding hydrogens is 316 g/mol. The lowest BCUT2D eigenvalue weighted by molar-refractivity contribution is 0.296. The Labute approximate surface area is 118 Å². The molecule has 0 saturated carbocycles. The minimum Gasteiger partial charge on any atom is -0.396 e. The number of nitrogens with two attached hydrogens (primary N) is 1. The minimum atomic E-state index is 0.171. The molecule has 0 aliphatic heterocycles. The van der Waals surface area contributed by atoms with Crippen molar-refractivity contribution in [3.8, 4) is 11.4 Å². The Morgan fingerprint density at radius 1 is 1.39 bits per heavy atom. The molecule has 0 radical (unpaired) electrons. The van der Waals surface area contributed by atoms with Crippen LogP contribution in [0.2, 0.25) is 0 Å². The summed E-state index contributed by atoms with van der Waals surface area (Å²) in [5.41, 5.74) is 0.911. The van der Waals surface area contributed by atoms with Crippen molar-refractivity contribution < 1.29 is 5.11 Å². The number of aliphatic hydroxyl groups is 1. The molecule has 0 aliphatic carbocycles. The number of benzene rings is 1. The summed E-state index contributed by atoms with van der Waals surface area (Å²) in [6.45, 7) is 0.171. The Balaban J connectivity index is 2.20. The third kappa shape index (κ3) is 3.04. The van der Waals surface area contributed by atoms with Crippen LogP contribution in [0.1, 0.15) is 6.42 Å². The van der Waals surface area contributed by atoms with Crippen LogP contribution in [0.5, 0.6) is 0 Å². The molecular formula is C11H13BrN4OS. The van der Waals surface area contributed by atoms with E-state index >= 15 is 0 Å². The third-order valence-corrected chi connectivity index (χ3v) is 3.80. The van der Waals surface area contributed by atoms with Gasteiger partial charge in [0.15, 0.2) is 5.82 Å². The molecule has 0 fully saturated rings. The molecule has 96 valence electrons. The van der Waals surface area contributed by atoms with E-state index in [4.69, 9.17) is 10.9 Å². The van der Waals surface area contributed by atoms with Gasteiger partial charge in [0.25, 0.3) is 0 Å². The van der Waals surface area contributed by atoms with Crippen LogP contribution in [0, 0.1) is 0 Å². The van der Waals surface area contributed by atoms with E-state index in [1.165, 1.54) is 16.4 Å². The molecule has 0 bridgehead atoms. The Bertz CT molecular complexity index is 532. The Morgan fingerprint density at radius 3 is 2.94 bits per heavy atom. The van der Waals surface area contributed by atoms with Crippen LogP contribution in [-0.2, 0) is 0 Å². The number of hydrogen-bond donors (Lipinski definition) is 2. The summed E-state index contributed by atoms with van der Waals surface area (Å²) in [7, 11) is 0. The lowest BCUT2D eigenvalue weighted by Gasteiger charge is -2.03. The summed E-state index contributed by atoms with van der Waals surface area (Å²) in [6, 6.07) is 7.74. The van der Waals surface area contributed by atoms with Gasteiger partial charge in [0.05, 0.1) is 0 Å². The topological polar surface area (TPSA) is 77.0 Å². The number of thioether (sulfide) groups is 1. The van der Waals surface area contributed by atoms with Crippen molar-refractivity contribution in [2.45, 2.75) is 11.6 Å². The summed E-state index contributed by atoms with van der Waals surface area (Å²) in [5.74, 6) is 7.36. The molecule has 1 aromatic carbocycles. The quantitative estimate of drug-likeness (QED) is 0.498. The van der Waals surface area contributed by atoms with Crippen molar-refractivity contribution in [2.75, 3.05) is 18.2 Å². The molecule has 0 amide bonds. The predicted molar refractivity (Wildman–Crippen MR) is 75.7 cm³/mol. The maximum Gasteiger partial charge on any atom is 0.210 e. The van der Waals surface area contributed by atoms with Gasteiger partial charge in [0.1, 0.15) is 0 Å². The fraction of sp³-hybridized carbons (Fsp3) is 0.273. The normalized spacial score (nSPS) is 10.8. The average Bonchev–Trinajstić information content (AvgIpc) is 2.72. The lowest BCUT2D eigenvalue weighted by atomic mass is 10.2. The first-order valence-electron chi connectivity index (χ1n) is 5.42. The van der Waals surface area contributed by atoms with E-state index in [2.05, 4.69) is 26.1 Å². The van der Waals surface area contributed by atoms with Crippen molar-refractivity contribution in [1.29, 1.82) is 0 Å². The van der Waals surface area contributed by atoms with Crippen LogP contribution >= 0.6 is 27.7 Å². The van der Waals surface area contributed by atoms with E-state index in [0.29, 0.717) is 17.4 Å². The number of nitrogens with zero attached hydrogens (tertiary/aromatic N) is 3. The number of aliphatic hydroxyl groups excluding tert-OH is 1. The summed E-state index contributed by atoms with van der Waals surface area (Å²) in [5, 5.41) is 17.5. The van der Waals surface area contributed by atoms with Crippen LogP contribution in [0.4, 0.5) is 0 Å². The maximum atomic E-state index is 8.73. The van der Waals surface area contributed by atoms with Gasteiger partial charge in [-0.15, -0.1) is 10.2 Å². The van der Waals surface area contributed by atoms with Crippen LogP contribution in [0.3, 0.4) is 0 Å². The standard InChI is InChI=1S/C11H13BrN4OS/c12-9-4-1-3-8(7-9)10-14-15-11(16(10)13)18-6-2-5-17/h1,3-4,7,17H,2,5-6,13H2. The van der Waals surface area contributed by atoms with Gasteiger partial charge < -0.3 is 10.9 Å². The van der Waals surface area contributed by atoms with E-state index in [9.17, 15) is 0 Å². The van der Waals surface area contributed by atoms with Gasteiger partial charge in [0.2, 0.25) is 5.16 Å². The van der Waals surface area contributed by atoms with Gasteiger partial charge >= 0.3 is 0 Å². The highest BCUT2D eigenvalue weighted by molar-refractivity contribution is 9.10. The summed E-state index contributed by atoms with van der Waals surface area (Å²) in [4.78, 5) is 0. The zero-order valence-corrected chi connectivity index (χ0v) is 12.0. The summed E-state index contributed by atoms with van der Waals surface area (Å²) < 4.78 is 2.45. The second-order valence-corrected chi connectivity index (χ2v) is 5.59. The summed E-state index contributed by atoms with van der Waals surface area (Å²) in [6.07, 6.45) is 0.712. The maximum absolute atomic E-state index is 8.73.